The molecule has 0 radical (unpaired) electrons. The summed E-state index contributed by atoms with van der Waals surface area (Å²) in [6, 6.07) is 10.3. The van der Waals surface area contributed by atoms with Gasteiger partial charge >= 0.3 is 4.87 Å². The fourth-order valence-electron chi connectivity index (χ4n) is 2.20. The van der Waals surface area contributed by atoms with Gasteiger partial charge in [-0.2, -0.15) is 0 Å². The maximum Gasteiger partial charge on any atom is 0.307 e. The van der Waals surface area contributed by atoms with E-state index in [1.165, 1.54) is 41.0 Å². The van der Waals surface area contributed by atoms with Gasteiger partial charge in [-0.25, -0.2) is 8.42 Å². The van der Waals surface area contributed by atoms with E-state index >= 15 is 0 Å². The minimum Gasteiger partial charge on any atom is -0.366 e. The number of primary amides is 1. The number of nitrogens with one attached hydrogen (secondary N) is 1. The van der Waals surface area contributed by atoms with Crippen LogP contribution in [-0.4, -0.2) is 18.9 Å². The van der Waals surface area contributed by atoms with Gasteiger partial charge in [-0.1, -0.05) is 11.3 Å². The van der Waals surface area contributed by atoms with Crippen molar-refractivity contribution in [3.8, 4) is 0 Å². The standard InChI is InChI=1S/C15H13N3O4S2/c1-18-12-7-6-11(8-13(12)23-15(18)20)24(21,22)17-10-4-2-9(3-5-10)14(16)19/h2-8,17H,1H3,(H2,16,19). The fraction of sp³-hybridized carbons (Fsp3) is 0.0667. The number of nitrogens with zero attached hydrogens (tertiary/aromatic N) is 1. The van der Waals surface area contributed by atoms with E-state index in [0.717, 1.165) is 11.3 Å². The number of sulfonamides is 1. The molecule has 2 aromatic carbocycles. The lowest BCUT2D eigenvalue weighted by Gasteiger charge is -2.08. The Morgan fingerprint density at radius 2 is 1.83 bits per heavy atom. The van der Waals surface area contributed by atoms with Crippen LogP contribution in [0.5, 0.6) is 0 Å². The second-order valence-corrected chi connectivity index (χ2v) is 7.78. The van der Waals surface area contributed by atoms with Crippen LogP contribution in [0.25, 0.3) is 10.2 Å². The molecule has 24 heavy (non-hydrogen) atoms. The molecule has 0 aliphatic rings. The largest absolute Gasteiger partial charge is 0.366 e. The summed E-state index contributed by atoms with van der Waals surface area (Å²) in [6.45, 7) is 0. The lowest BCUT2D eigenvalue weighted by molar-refractivity contribution is 0.100. The lowest BCUT2D eigenvalue weighted by Crippen LogP contribution is -2.14. The van der Waals surface area contributed by atoms with Crippen LogP contribution in [0.1, 0.15) is 10.4 Å². The molecule has 124 valence electrons. The van der Waals surface area contributed by atoms with Crippen LogP contribution in [0.3, 0.4) is 0 Å². The Morgan fingerprint density at radius 1 is 1.17 bits per heavy atom. The van der Waals surface area contributed by atoms with E-state index in [2.05, 4.69) is 4.72 Å². The van der Waals surface area contributed by atoms with Gasteiger partial charge in [0.05, 0.1) is 15.1 Å². The van der Waals surface area contributed by atoms with E-state index in [1.54, 1.807) is 13.1 Å². The van der Waals surface area contributed by atoms with Crippen molar-refractivity contribution < 1.29 is 13.2 Å². The highest BCUT2D eigenvalue weighted by Crippen LogP contribution is 2.23. The van der Waals surface area contributed by atoms with Crippen LogP contribution in [0, 0.1) is 0 Å². The molecule has 0 fully saturated rings. The quantitative estimate of drug-likeness (QED) is 0.731. The minimum absolute atomic E-state index is 0.0517. The SMILES string of the molecule is Cn1c(=O)sc2cc(S(=O)(=O)Nc3ccc(C(N)=O)cc3)ccc21. The minimum atomic E-state index is -3.81. The summed E-state index contributed by atoms with van der Waals surface area (Å²) in [6.07, 6.45) is 0. The number of nitrogens with two attached hydrogens (primary N) is 1. The Bertz CT molecular complexity index is 1100. The normalized spacial score (nSPS) is 11.5. The van der Waals surface area contributed by atoms with Crippen LogP contribution in [-0.2, 0) is 17.1 Å². The molecule has 0 unspecified atom stereocenters. The number of carbonyl (C=O) groups is 1. The van der Waals surface area contributed by atoms with Gasteiger partial charge in [0.25, 0.3) is 10.0 Å². The molecular formula is C15H13N3O4S2. The Balaban J connectivity index is 1.95. The van der Waals surface area contributed by atoms with E-state index in [-0.39, 0.29) is 15.3 Å². The molecule has 1 heterocycles. The van der Waals surface area contributed by atoms with Crippen LogP contribution in [0.2, 0.25) is 0 Å². The molecule has 9 heteroatoms. The summed E-state index contributed by atoms with van der Waals surface area (Å²) in [7, 11) is -2.18. The second-order valence-electron chi connectivity index (χ2n) is 5.10. The zero-order valence-electron chi connectivity index (χ0n) is 12.5. The van der Waals surface area contributed by atoms with Gasteiger partial charge in [-0.3, -0.25) is 14.3 Å². The summed E-state index contributed by atoms with van der Waals surface area (Å²) >= 11 is 0.984. The highest BCUT2D eigenvalue weighted by molar-refractivity contribution is 7.92. The van der Waals surface area contributed by atoms with Gasteiger partial charge in [0.1, 0.15) is 0 Å². The maximum absolute atomic E-state index is 12.5. The zero-order valence-corrected chi connectivity index (χ0v) is 14.1. The molecule has 0 saturated carbocycles. The first-order valence-corrected chi connectivity index (χ1v) is 9.10. The third-order valence-electron chi connectivity index (χ3n) is 3.50. The molecule has 0 aliphatic carbocycles. The first-order chi connectivity index (χ1) is 11.3. The zero-order chi connectivity index (χ0) is 17.5. The highest BCUT2D eigenvalue weighted by atomic mass is 32.2. The van der Waals surface area contributed by atoms with E-state index in [4.69, 9.17) is 5.73 Å². The van der Waals surface area contributed by atoms with Crippen molar-refractivity contribution >= 4 is 43.2 Å². The molecule has 0 spiro atoms. The molecule has 3 rings (SSSR count). The predicted octanol–water partition coefficient (Wildman–Crippen LogP) is 1.50. The summed E-state index contributed by atoms with van der Waals surface area (Å²) in [5, 5.41) is 0. The topological polar surface area (TPSA) is 111 Å². The van der Waals surface area contributed by atoms with Crippen LogP contribution < -0.4 is 15.3 Å². The van der Waals surface area contributed by atoms with Crippen LogP contribution >= 0.6 is 11.3 Å². The van der Waals surface area contributed by atoms with Crippen molar-refractivity contribution in [2.24, 2.45) is 12.8 Å². The van der Waals surface area contributed by atoms with Crippen molar-refractivity contribution in [3.05, 3.63) is 57.7 Å². The summed E-state index contributed by atoms with van der Waals surface area (Å²) < 4.78 is 29.4. The van der Waals surface area contributed by atoms with Gasteiger partial charge in [-0.15, -0.1) is 0 Å². The average molecular weight is 363 g/mol. The summed E-state index contributed by atoms with van der Waals surface area (Å²) in [5.41, 5.74) is 6.41. The number of carbonyl (C=O) groups excluding carboxylic acids is 1. The number of thiazole rings is 1. The number of anilines is 1. The molecule has 0 saturated heterocycles. The number of rotatable bonds is 4. The van der Waals surface area contributed by atoms with E-state index in [1.807, 2.05) is 0 Å². The molecule has 1 aromatic heterocycles. The first-order valence-electron chi connectivity index (χ1n) is 6.80. The fourth-order valence-corrected chi connectivity index (χ4v) is 4.28. The second kappa shape index (κ2) is 5.77. The van der Waals surface area contributed by atoms with Gasteiger partial charge in [-0.05, 0) is 42.5 Å². The van der Waals surface area contributed by atoms with E-state index < -0.39 is 15.9 Å². The molecule has 0 aliphatic heterocycles. The number of aromatic nitrogens is 1. The Labute approximate surface area is 141 Å². The van der Waals surface area contributed by atoms with Crippen molar-refractivity contribution in [3.63, 3.8) is 0 Å². The van der Waals surface area contributed by atoms with Crippen molar-refractivity contribution in [1.29, 1.82) is 0 Å². The summed E-state index contributed by atoms with van der Waals surface area (Å²) in [5.74, 6) is -0.589. The van der Waals surface area contributed by atoms with Crippen molar-refractivity contribution in [2.45, 2.75) is 4.90 Å². The number of amides is 1. The highest BCUT2D eigenvalue weighted by Gasteiger charge is 2.16. The number of fused-ring (bicyclic) bond motifs is 1. The Morgan fingerprint density at radius 3 is 2.46 bits per heavy atom. The lowest BCUT2D eigenvalue weighted by atomic mass is 10.2. The van der Waals surface area contributed by atoms with Gasteiger partial charge < -0.3 is 10.3 Å². The maximum atomic E-state index is 12.5. The predicted molar refractivity (Wildman–Crippen MR) is 92.8 cm³/mol. The third-order valence-corrected chi connectivity index (χ3v) is 5.87. The molecule has 0 atom stereocenters. The average Bonchev–Trinajstić information content (AvgIpc) is 2.82. The van der Waals surface area contributed by atoms with Gasteiger partial charge in [0.15, 0.2) is 0 Å². The van der Waals surface area contributed by atoms with E-state index in [9.17, 15) is 18.0 Å². The third kappa shape index (κ3) is 2.91. The molecule has 1 amide bonds. The smallest absolute Gasteiger partial charge is 0.307 e. The number of hydrogen-bond acceptors (Lipinski definition) is 5. The number of benzene rings is 2. The van der Waals surface area contributed by atoms with Crippen LogP contribution in [0.4, 0.5) is 5.69 Å². The number of aryl methyl sites for hydroxylation is 1. The van der Waals surface area contributed by atoms with Crippen LogP contribution in [0.15, 0.2) is 52.2 Å². The first kappa shape index (κ1) is 16.2. The molecule has 0 bridgehead atoms. The monoisotopic (exact) mass is 363 g/mol. The molecule has 3 N–H and O–H groups in total. The van der Waals surface area contributed by atoms with Crippen molar-refractivity contribution in [2.75, 3.05) is 4.72 Å². The molecule has 3 aromatic rings. The molecule has 7 nitrogen and oxygen atoms in total. The van der Waals surface area contributed by atoms with E-state index in [0.29, 0.717) is 15.9 Å². The van der Waals surface area contributed by atoms with Gasteiger partial charge in [0.2, 0.25) is 5.91 Å². The van der Waals surface area contributed by atoms with Gasteiger partial charge in [0, 0.05) is 18.3 Å². The number of hydrogen-bond donors (Lipinski definition) is 2. The molecular weight excluding hydrogens is 350 g/mol. The Kier molecular flexibility index (Phi) is 3.90. The van der Waals surface area contributed by atoms with Crippen molar-refractivity contribution in [1.82, 2.24) is 4.57 Å². The Hall–Kier alpha value is -2.65. The summed E-state index contributed by atoms with van der Waals surface area (Å²) in [4.78, 5) is 22.6.